The van der Waals surface area contributed by atoms with Crippen molar-refractivity contribution < 1.29 is 36.2 Å². The van der Waals surface area contributed by atoms with E-state index < -0.39 is 30.0 Å². The van der Waals surface area contributed by atoms with Crippen LogP contribution in [0, 0.1) is 11.6 Å². The van der Waals surface area contributed by atoms with Gasteiger partial charge in [-0.2, -0.15) is 13.2 Å². The Labute approximate surface area is 214 Å². The van der Waals surface area contributed by atoms with E-state index in [1.165, 1.54) is 36.4 Å². The van der Waals surface area contributed by atoms with Crippen molar-refractivity contribution in [3.63, 3.8) is 0 Å². The number of alkyl halides is 3. The number of rotatable bonds is 15. The Balaban J connectivity index is 1.62. The number of hydrogen-bond donors (Lipinski definition) is 0. The van der Waals surface area contributed by atoms with E-state index in [4.69, 9.17) is 14.2 Å². The smallest absolute Gasteiger partial charge is 0.426 e. The number of unbranched alkanes of at least 4 members (excludes halogenated alkanes) is 3. The minimum Gasteiger partial charge on any atom is -0.490 e. The third-order valence-corrected chi connectivity index (χ3v) is 5.85. The summed E-state index contributed by atoms with van der Waals surface area (Å²) in [6, 6.07) is 13.5. The molecule has 0 unspecified atom stereocenters. The van der Waals surface area contributed by atoms with Gasteiger partial charge in [-0.1, -0.05) is 30.7 Å². The van der Waals surface area contributed by atoms with E-state index in [1.54, 1.807) is 19.2 Å². The molecule has 0 N–H and O–H groups in total. The normalized spacial score (nSPS) is 11.5. The van der Waals surface area contributed by atoms with Gasteiger partial charge in [0, 0.05) is 19.3 Å². The largest absolute Gasteiger partial charge is 0.490 e. The first-order chi connectivity index (χ1) is 17.9. The maximum Gasteiger partial charge on any atom is 0.426 e. The first kappa shape index (κ1) is 28.4. The molecule has 0 saturated heterocycles. The van der Waals surface area contributed by atoms with Crippen LogP contribution in [0.5, 0.6) is 11.5 Å². The SMILES string of the molecule is COCCCCCCOc1ccc(-c2ccc(C(F)(F)Oc3ccc(CCCF)cc3)cc2)c(F)c1F. The van der Waals surface area contributed by atoms with Gasteiger partial charge in [0.2, 0.25) is 5.82 Å². The summed E-state index contributed by atoms with van der Waals surface area (Å²) in [4.78, 5) is 0. The maximum absolute atomic E-state index is 14.7. The number of benzene rings is 3. The molecule has 37 heavy (non-hydrogen) atoms. The van der Waals surface area contributed by atoms with Gasteiger partial charge in [-0.05, 0) is 79.6 Å². The Kier molecular flexibility index (Phi) is 10.7. The summed E-state index contributed by atoms with van der Waals surface area (Å²) < 4.78 is 86.2. The lowest BCUT2D eigenvalue weighted by molar-refractivity contribution is -0.185. The Hall–Kier alpha value is -3.13. The standard InChI is InChI=1S/C29H31F5O3/c1-35-19-4-2-3-5-20-36-26-17-16-25(27(31)28(26)32)22-10-12-23(13-11-22)29(33,34)37-24-14-8-21(9-15-24)7-6-18-30/h8-17H,2-7,18-20H2,1H3. The molecule has 0 aliphatic carbocycles. The number of methoxy groups -OCH3 is 1. The maximum atomic E-state index is 14.7. The van der Waals surface area contributed by atoms with Gasteiger partial charge in [-0.3, -0.25) is 4.39 Å². The fourth-order valence-corrected chi connectivity index (χ4v) is 3.80. The predicted octanol–water partition coefficient (Wildman–Crippen LogP) is 8.25. The zero-order chi connectivity index (χ0) is 26.7. The molecule has 0 atom stereocenters. The van der Waals surface area contributed by atoms with Crippen molar-refractivity contribution in [2.24, 2.45) is 0 Å². The average molecular weight is 523 g/mol. The topological polar surface area (TPSA) is 27.7 Å². The molecule has 0 amide bonds. The minimum atomic E-state index is -3.65. The van der Waals surface area contributed by atoms with Crippen molar-refractivity contribution in [3.8, 4) is 22.6 Å². The molecular formula is C29H31F5O3. The lowest BCUT2D eigenvalue weighted by atomic mass is 10.0. The van der Waals surface area contributed by atoms with Gasteiger partial charge in [-0.15, -0.1) is 0 Å². The Morgan fingerprint density at radius 1 is 0.730 bits per heavy atom. The minimum absolute atomic E-state index is 0.0447. The van der Waals surface area contributed by atoms with Crippen LogP contribution in [0.4, 0.5) is 22.0 Å². The van der Waals surface area contributed by atoms with Crippen molar-refractivity contribution in [3.05, 3.63) is 83.4 Å². The van der Waals surface area contributed by atoms with Crippen molar-refractivity contribution in [2.75, 3.05) is 27.0 Å². The molecule has 0 spiro atoms. The summed E-state index contributed by atoms with van der Waals surface area (Å²) in [6.07, 6.45) is 0.699. The summed E-state index contributed by atoms with van der Waals surface area (Å²) >= 11 is 0. The molecule has 3 rings (SSSR count). The molecule has 8 heteroatoms. The van der Waals surface area contributed by atoms with Crippen LogP contribution in [-0.4, -0.2) is 27.0 Å². The van der Waals surface area contributed by atoms with Gasteiger partial charge >= 0.3 is 6.11 Å². The van der Waals surface area contributed by atoms with Gasteiger partial charge < -0.3 is 14.2 Å². The Morgan fingerprint density at radius 2 is 1.41 bits per heavy atom. The predicted molar refractivity (Wildman–Crippen MR) is 133 cm³/mol. The number of ether oxygens (including phenoxy) is 3. The van der Waals surface area contributed by atoms with Crippen LogP contribution in [-0.2, 0) is 17.3 Å². The van der Waals surface area contributed by atoms with Gasteiger partial charge in [0.05, 0.1) is 18.8 Å². The van der Waals surface area contributed by atoms with Crippen molar-refractivity contribution in [1.82, 2.24) is 0 Å². The van der Waals surface area contributed by atoms with Crippen molar-refractivity contribution >= 4 is 0 Å². The van der Waals surface area contributed by atoms with Crippen LogP contribution >= 0.6 is 0 Å². The second-order valence-corrected chi connectivity index (χ2v) is 8.63. The number of halogens is 5. The van der Waals surface area contributed by atoms with E-state index in [0.29, 0.717) is 25.9 Å². The quantitative estimate of drug-likeness (QED) is 0.149. The fourth-order valence-electron chi connectivity index (χ4n) is 3.80. The third-order valence-electron chi connectivity index (χ3n) is 5.85. The molecule has 0 aliphatic heterocycles. The molecule has 0 fully saturated rings. The van der Waals surface area contributed by atoms with E-state index in [9.17, 15) is 22.0 Å². The lowest BCUT2D eigenvalue weighted by Gasteiger charge is -2.19. The first-order valence-corrected chi connectivity index (χ1v) is 12.3. The number of hydrogen-bond acceptors (Lipinski definition) is 3. The molecule has 3 aromatic carbocycles. The molecule has 0 aromatic heterocycles. The molecule has 0 heterocycles. The van der Waals surface area contributed by atoms with E-state index in [-0.39, 0.29) is 29.2 Å². The highest BCUT2D eigenvalue weighted by Gasteiger charge is 2.34. The molecule has 0 aliphatic rings. The van der Waals surface area contributed by atoms with E-state index in [1.807, 2.05) is 0 Å². The van der Waals surface area contributed by atoms with E-state index >= 15 is 0 Å². The van der Waals surface area contributed by atoms with Gasteiger partial charge in [0.25, 0.3) is 0 Å². The summed E-state index contributed by atoms with van der Waals surface area (Å²) in [6.45, 7) is 0.495. The summed E-state index contributed by atoms with van der Waals surface area (Å²) in [5, 5.41) is 0. The van der Waals surface area contributed by atoms with E-state index in [0.717, 1.165) is 37.0 Å². The molecular weight excluding hydrogens is 491 g/mol. The summed E-state index contributed by atoms with van der Waals surface area (Å²) in [7, 11) is 1.64. The zero-order valence-corrected chi connectivity index (χ0v) is 20.8. The molecule has 0 radical (unpaired) electrons. The fraction of sp³-hybridized carbons (Fsp3) is 0.379. The van der Waals surface area contributed by atoms with Crippen LogP contribution in [0.2, 0.25) is 0 Å². The highest BCUT2D eigenvalue weighted by molar-refractivity contribution is 5.65. The van der Waals surface area contributed by atoms with Crippen LogP contribution in [0.15, 0.2) is 60.7 Å². The summed E-state index contributed by atoms with van der Waals surface area (Å²) in [5.41, 5.74) is 0.548. The van der Waals surface area contributed by atoms with Gasteiger partial charge in [0.1, 0.15) is 5.75 Å². The monoisotopic (exact) mass is 522 g/mol. The second-order valence-electron chi connectivity index (χ2n) is 8.63. The van der Waals surface area contributed by atoms with E-state index in [2.05, 4.69) is 0 Å². The van der Waals surface area contributed by atoms with Crippen LogP contribution in [0.3, 0.4) is 0 Å². The van der Waals surface area contributed by atoms with Gasteiger partial charge in [0.15, 0.2) is 11.6 Å². The van der Waals surface area contributed by atoms with Crippen LogP contribution in [0.1, 0.15) is 43.2 Å². The van der Waals surface area contributed by atoms with Crippen LogP contribution < -0.4 is 9.47 Å². The highest BCUT2D eigenvalue weighted by Crippen LogP contribution is 2.35. The lowest BCUT2D eigenvalue weighted by Crippen LogP contribution is -2.21. The molecule has 0 bridgehead atoms. The van der Waals surface area contributed by atoms with Crippen LogP contribution in [0.25, 0.3) is 11.1 Å². The molecule has 0 saturated carbocycles. The third kappa shape index (κ3) is 8.18. The summed E-state index contributed by atoms with van der Waals surface area (Å²) in [5.74, 6) is -2.46. The molecule has 200 valence electrons. The van der Waals surface area contributed by atoms with Gasteiger partial charge in [-0.25, -0.2) is 4.39 Å². The Morgan fingerprint density at radius 3 is 2.05 bits per heavy atom. The molecule has 3 nitrogen and oxygen atoms in total. The molecule has 3 aromatic rings. The first-order valence-electron chi connectivity index (χ1n) is 12.3. The zero-order valence-electron chi connectivity index (χ0n) is 20.8. The second kappa shape index (κ2) is 14.0. The number of aryl methyl sites for hydroxylation is 1. The highest BCUT2D eigenvalue weighted by atomic mass is 19.3. The van der Waals surface area contributed by atoms with Crippen molar-refractivity contribution in [2.45, 2.75) is 44.6 Å². The average Bonchev–Trinajstić information content (AvgIpc) is 2.90. The van der Waals surface area contributed by atoms with Crippen molar-refractivity contribution in [1.29, 1.82) is 0 Å². The Bertz CT molecular complexity index is 1100.